The number of β-amino-alcohol motifs (C(OH)–C–C–N with tert-alkyl or cyclic N) is 1. The van der Waals surface area contributed by atoms with Crippen LogP contribution in [0.25, 0.3) is 0 Å². The normalized spacial score (nSPS) is 23.5. The zero-order valence-corrected chi connectivity index (χ0v) is 12.5. The largest absolute Gasteiger partial charge is 0.387 e. The standard InChI is InChI=1S/C17H25FN2O/c18-16-6-2-1-5-15(16)17(21)13-19-11-7-14(8-12-19)20-9-3-4-10-20/h1-2,5-6,14,17,21H,3-4,7-13H2/t17-/m1/s1. The van der Waals surface area contributed by atoms with Crippen LogP contribution in [0.1, 0.15) is 37.4 Å². The van der Waals surface area contributed by atoms with E-state index in [1.54, 1.807) is 18.2 Å². The van der Waals surface area contributed by atoms with E-state index in [-0.39, 0.29) is 5.82 Å². The van der Waals surface area contributed by atoms with Gasteiger partial charge in [-0.1, -0.05) is 18.2 Å². The molecule has 2 fully saturated rings. The molecule has 0 spiro atoms. The van der Waals surface area contributed by atoms with E-state index in [0.717, 1.165) is 13.1 Å². The Bertz CT molecular complexity index is 454. The number of benzene rings is 1. The van der Waals surface area contributed by atoms with Crippen LogP contribution >= 0.6 is 0 Å². The van der Waals surface area contributed by atoms with Crippen molar-refractivity contribution in [3.05, 3.63) is 35.6 Å². The lowest BCUT2D eigenvalue weighted by atomic mass is 10.0. The van der Waals surface area contributed by atoms with E-state index in [1.165, 1.54) is 44.8 Å². The lowest BCUT2D eigenvalue weighted by Gasteiger charge is -2.37. The van der Waals surface area contributed by atoms with Crippen LogP contribution in [0.4, 0.5) is 4.39 Å². The second-order valence-electron chi connectivity index (χ2n) is 6.31. The summed E-state index contributed by atoms with van der Waals surface area (Å²) in [6.07, 6.45) is 4.29. The summed E-state index contributed by atoms with van der Waals surface area (Å²) in [4.78, 5) is 4.88. The monoisotopic (exact) mass is 292 g/mol. The van der Waals surface area contributed by atoms with E-state index in [0.29, 0.717) is 18.2 Å². The summed E-state index contributed by atoms with van der Waals surface area (Å²) in [5.41, 5.74) is 0.416. The maximum atomic E-state index is 13.7. The Kier molecular flexibility index (Phi) is 4.88. The predicted octanol–water partition coefficient (Wildman–Crippen LogP) is 2.42. The SMILES string of the molecule is O[C@H](CN1CCC(N2CCCC2)CC1)c1ccccc1F. The third-order valence-electron chi connectivity index (χ3n) is 4.91. The quantitative estimate of drug-likeness (QED) is 0.923. The third-order valence-corrected chi connectivity index (χ3v) is 4.91. The number of likely N-dealkylation sites (tertiary alicyclic amines) is 2. The molecule has 2 aliphatic heterocycles. The number of rotatable bonds is 4. The molecule has 0 saturated carbocycles. The highest BCUT2D eigenvalue weighted by Gasteiger charge is 2.27. The van der Waals surface area contributed by atoms with Gasteiger partial charge in [0.1, 0.15) is 5.82 Å². The van der Waals surface area contributed by atoms with Crippen molar-refractivity contribution in [1.82, 2.24) is 9.80 Å². The van der Waals surface area contributed by atoms with Crippen molar-refractivity contribution in [3.8, 4) is 0 Å². The molecule has 3 nitrogen and oxygen atoms in total. The molecule has 21 heavy (non-hydrogen) atoms. The molecule has 0 amide bonds. The lowest BCUT2D eigenvalue weighted by molar-refractivity contribution is 0.0723. The average molecular weight is 292 g/mol. The Morgan fingerprint density at radius 1 is 1.10 bits per heavy atom. The summed E-state index contributed by atoms with van der Waals surface area (Å²) in [5.74, 6) is -0.308. The Morgan fingerprint density at radius 3 is 2.43 bits per heavy atom. The fourth-order valence-electron chi connectivity index (χ4n) is 3.66. The van der Waals surface area contributed by atoms with Crippen LogP contribution < -0.4 is 0 Å². The van der Waals surface area contributed by atoms with Gasteiger partial charge in [-0.25, -0.2) is 4.39 Å². The van der Waals surface area contributed by atoms with Crippen LogP contribution in [0.2, 0.25) is 0 Å². The first-order valence-electron chi connectivity index (χ1n) is 8.13. The molecule has 116 valence electrons. The average Bonchev–Trinajstić information content (AvgIpc) is 3.02. The highest BCUT2D eigenvalue weighted by atomic mass is 19.1. The summed E-state index contributed by atoms with van der Waals surface area (Å²) < 4.78 is 13.7. The van der Waals surface area contributed by atoms with E-state index in [1.807, 2.05) is 0 Å². The fraction of sp³-hybridized carbons (Fsp3) is 0.647. The van der Waals surface area contributed by atoms with Gasteiger partial charge in [-0.15, -0.1) is 0 Å². The first kappa shape index (κ1) is 14.9. The van der Waals surface area contributed by atoms with Crippen molar-refractivity contribution >= 4 is 0 Å². The number of aliphatic hydroxyl groups is 1. The van der Waals surface area contributed by atoms with Crippen LogP contribution in [-0.4, -0.2) is 53.7 Å². The van der Waals surface area contributed by atoms with Crippen molar-refractivity contribution in [3.63, 3.8) is 0 Å². The molecule has 3 rings (SSSR count). The zero-order chi connectivity index (χ0) is 14.7. The van der Waals surface area contributed by atoms with Crippen molar-refractivity contribution in [2.75, 3.05) is 32.7 Å². The number of nitrogens with zero attached hydrogens (tertiary/aromatic N) is 2. The van der Waals surface area contributed by atoms with Crippen molar-refractivity contribution < 1.29 is 9.50 Å². The van der Waals surface area contributed by atoms with E-state index in [4.69, 9.17) is 0 Å². The maximum absolute atomic E-state index is 13.7. The van der Waals surface area contributed by atoms with Gasteiger partial charge < -0.3 is 14.9 Å². The minimum absolute atomic E-state index is 0.308. The molecule has 0 aromatic heterocycles. The molecule has 2 heterocycles. The van der Waals surface area contributed by atoms with Crippen molar-refractivity contribution in [2.24, 2.45) is 0 Å². The molecule has 0 radical (unpaired) electrons. The number of halogens is 1. The Balaban J connectivity index is 1.50. The number of piperidine rings is 1. The van der Waals surface area contributed by atoms with Gasteiger partial charge in [0.25, 0.3) is 0 Å². The van der Waals surface area contributed by atoms with E-state index >= 15 is 0 Å². The summed E-state index contributed by atoms with van der Waals surface area (Å²) in [6.45, 7) is 5.05. The molecule has 2 aliphatic rings. The van der Waals surface area contributed by atoms with E-state index in [9.17, 15) is 9.50 Å². The van der Waals surface area contributed by atoms with Crippen molar-refractivity contribution in [1.29, 1.82) is 0 Å². The summed E-state index contributed by atoms with van der Waals surface area (Å²) >= 11 is 0. The minimum Gasteiger partial charge on any atom is -0.387 e. The van der Waals surface area contributed by atoms with Crippen LogP contribution in [0, 0.1) is 5.82 Å². The lowest BCUT2D eigenvalue weighted by Crippen LogP contribution is -2.44. The third kappa shape index (κ3) is 3.62. The molecule has 1 atom stereocenters. The van der Waals surface area contributed by atoms with Gasteiger partial charge in [0, 0.05) is 18.2 Å². The van der Waals surface area contributed by atoms with Gasteiger partial charge in [0.05, 0.1) is 6.10 Å². The zero-order valence-electron chi connectivity index (χ0n) is 12.5. The molecule has 0 unspecified atom stereocenters. The van der Waals surface area contributed by atoms with Gasteiger partial charge in [-0.2, -0.15) is 0 Å². The van der Waals surface area contributed by atoms with Crippen LogP contribution in [0.3, 0.4) is 0 Å². The highest BCUT2D eigenvalue weighted by Crippen LogP contribution is 2.23. The van der Waals surface area contributed by atoms with Gasteiger partial charge >= 0.3 is 0 Å². The van der Waals surface area contributed by atoms with Crippen LogP contribution in [0.5, 0.6) is 0 Å². The topological polar surface area (TPSA) is 26.7 Å². The second-order valence-corrected chi connectivity index (χ2v) is 6.31. The molecular formula is C17H25FN2O. The molecule has 4 heteroatoms. The molecular weight excluding hydrogens is 267 g/mol. The second kappa shape index (κ2) is 6.86. The Labute approximate surface area is 126 Å². The van der Waals surface area contributed by atoms with Crippen LogP contribution in [-0.2, 0) is 0 Å². The first-order chi connectivity index (χ1) is 10.2. The summed E-state index contributed by atoms with van der Waals surface area (Å²) in [7, 11) is 0. The van der Waals surface area contributed by atoms with Gasteiger partial charge in [0.15, 0.2) is 0 Å². The van der Waals surface area contributed by atoms with Gasteiger partial charge in [0.2, 0.25) is 0 Å². The smallest absolute Gasteiger partial charge is 0.129 e. The van der Waals surface area contributed by atoms with E-state index in [2.05, 4.69) is 9.80 Å². The van der Waals surface area contributed by atoms with E-state index < -0.39 is 6.10 Å². The molecule has 0 bridgehead atoms. The Hall–Kier alpha value is -0.970. The summed E-state index contributed by atoms with van der Waals surface area (Å²) in [5, 5.41) is 10.2. The molecule has 1 aromatic carbocycles. The highest BCUT2D eigenvalue weighted by molar-refractivity contribution is 5.20. The van der Waals surface area contributed by atoms with Gasteiger partial charge in [-0.05, 0) is 57.9 Å². The number of hydrogen-bond acceptors (Lipinski definition) is 3. The summed E-state index contributed by atoms with van der Waals surface area (Å²) in [6, 6.07) is 7.25. The molecule has 2 saturated heterocycles. The number of aliphatic hydroxyl groups excluding tert-OH is 1. The van der Waals surface area contributed by atoms with Crippen molar-refractivity contribution in [2.45, 2.75) is 37.8 Å². The number of hydrogen-bond donors (Lipinski definition) is 1. The molecule has 0 aliphatic carbocycles. The maximum Gasteiger partial charge on any atom is 0.129 e. The fourth-order valence-corrected chi connectivity index (χ4v) is 3.66. The predicted molar refractivity (Wildman–Crippen MR) is 81.6 cm³/mol. The molecule has 1 aromatic rings. The molecule has 1 N–H and O–H groups in total. The first-order valence-corrected chi connectivity index (χ1v) is 8.13. The van der Waals surface area contributed by atoms with Gasteiger partial charge in [-0.3, -0.25) is 0 Å². The minimum atomic E-state index is -0.727. The Morgan fingerprint density at radius 2 is 1.76 bits per heavy atom. The van der Waals surface area contributed by atoms with Crippen LogP contribution in [0.15, 0.2) is 24.3 Å².